The number of sulfonamides is 1. The van der Waals surface area contributed by atoms with Crippen LogP contribution >= 0.6 is 0 Å². The van der Waals surface area contributed by atoms with Gasteiger partial charge in [0.15, 0.2) is 0 Å². The summed E-state index contributed by atoms with van der Waals surface area (Å²) in [6.07, 6.45) is 0. The first-order chi connectivity index (χ1) is 11.4. The smallest absolute Gasteiger partial charge is 0.255 e. The van der Waals surface area contributed by atoms with E-state index in [-0.39, 0.29) is 11.7 Å². The normalized spacial score (nSPS) is 10.9. The minimum Gasteiger partial charge on any atom is -0.492 e. The molecule has 0 saturated carbocycles. The van der Waals surface area contributed by atoms with E-state index >= 15 is 0 Å². The Balaban J connectivity index is 2.19. The van der Waals surface area contributed by atoms with Crippen LogP contribution in [0.4, 0.5) is 11.4 Å². The van der Waals surface area contributed by atoms with Crippen molar-refractivity contribution in [3.8, 4) is 5.75 Å². The van der Waals surface area contributed by atoms with Crippen LogP contribution in [0, 0.1) is 0 Å². The molecule has 24 heavy (non-hydrogen) atoms. The highest BCUT2D eigenvalue weighted by Gasteiger charge is 2.12. The summed E-state index contributed by atoms with van der Waals surface area (Å²) < 4.78 is 31.2. The van der Waals surface area contributed by atoms with Crippen LogP contribution in [0.25, 0.3) is 0 Å². The Kier molecular flexibility index (Phi) is 5.81. The van der Waals surface area contributed by atoms with Crippen molar-refractivity contribution < 1.29 is 17.9 Å². The lowest BCUT2D eigenvalue weighted by Gasteiger charge is -2.12. The van der Waals surface area contributed by atoms with E-state index in [9.17, 15) is 13.2 Å². The summed E-state index contributed by atoms with van der Waals surface area (Å²) in [4.78, 5) is 12.4. The van der Waals surface area contributed by atoms with E-state index < -0.39 is 10.0 Å². The van der Waals surface area contributed by atoms with Crippen LogP contribution in [-0.2, 0) is 10.0 Å². The number of amides is 1. The molecule has 0 aromatic heterocycles. The highest BCUT2D eigenvalue weighted by molar-refractivity contribution is 7.92. The molecule has 0 radical (unpaired) electrons. The maximum absolute atomic E-state index is 12.4. The third-order valence-electron chi connectivity index (χ3n) is 3.21. The number of carbonyl (C=O) groups is 1. The number of rotatable bonds is 7. The van der Waals surface area contributed by atoms with Crippen molar-refractivity contribution in [1.82, 2.24) is 0 Å². The first kappa shape index (κ1) is 17.8. The van der Waals surface area contributed by atoms with Crippen LogP contribution < -0.4 is 14.8 Å². The molecule has 0 bridgehead atoms. The molecule has 1 amide bonds. The molecular formula is C17H20N2O4S. The van der Waals surface area contributed by atoms with Crippen LogP contribution in [0.3, 0.4) is 0 Å². The first-order valence-corrected chi connectivity index (χ1v) is 9.24. The molecule has 2 N–H and O–H groups in total. The average Bonchev–Trinajstić information content (AvgIpc) is 2.57. The van der Waals surface area contributed by atoms with Crippen molar-refractivity contribution >= 4 is 27.3 Å². The molecule has 6 nitrogen and oxygen atoms in total. The van der Waals surface area contributed by atoms with Gasteiger partial charge in [-0.2, -0.15) is 0 Å². The fourth-order valence-corrected chi connectivity index (χ4v) is 2.65. The number of ether oxygens (including phenoxy) is 1. The molecule has 128 valence electrons. The van der Waals surface area contributed by atoms with E-state index in [4.69, 9.17) is 4.74 Å². The molecule has 0 saturated heterocycles. The summed E-state index contributed by atoms with van der Waals surface area (Å²) in [5.74, 6) is 0.196. The fraction of sp³-hybridized carbons (Fsp3) is 0.235. The number of hydrogen-bond acceptors (Lipinski definition) is 4. The Morgan fingerprint density at radius 2 is 1.83 bits per heavy atom. The zero-order valence-electron chi connectivity index (χ0n) is 13.6. The highest BCUT2D eigenvalue weighted by atomic mass is 32.2. The van der Waals surface area contributed by atoms with Crippen LogP contribution in [0.2, 0.25) is 0 Å². The van der Waals surface area contributed by atoms with E-state index in [1.54, 1.807) is 43.3 Å². The van der Waals surface area contributed by atoms with Crippen molar-refractivity contribution in [2.45, 2.75) is 13.8 Å². The van der Waals surface area contributed by atoms with Gasteiger partial charge in [-0.05, 0) is 44.2 Å². The first-order valence-electron chi connectivity index (χ1n) is 7.59. The van der Waals surface area contributed by atoms with Crippen molar-refractivity contribution in [2.75, 3.05) is 22.4 Å². The highest BCUT2D eigenvalue weighted by Crippen LogP contribution is 2.24. The van der Waals surface area contributed by atoms with Crippen molar-refractivity contribution in [2.24, 2.45) is 0 Å². The molecule has 0 aliphatic rings. The lowest BCUT2D eigenvalue weighted by molar-refractivity contribution is 0.102. The van der Waals surface area contributed by atoms with E-state index in [1.807, 2.05) is 13.0 Å². The van der Waals surface area contributed by atoms with Gasteiger partial charge in [0, 0.05) is 11.3 Å². The second-order valence-corrected chi connectivity index (χ2v) is 6.98. The average molecular weight is 348 g/mol. The van der Waals surface area contributed by atoms with E-state index in [1.165, 1.54) is 6.07 Å². The minimum absolute atomic E-state index is 0.0366. The summed E-state index contributed by atoms with van der Waals surface area (Å²) in [5.41, 5.74) is 1.25. The molecule has 2 aromatic rings. The van der Waals surface area contributed by atoms with Crippen molar-refractivity contribution in [3.05, 3.63) is 54.1 Å². The monoisotopic (exact) mass is 348 g/mol. The summed E-state index contributed by atoms with van der Waals surface area (Å²) >= 11 is 0. The molecule has 0 aliphatic heterocycles. The number of nitrogens with one attached hydrogen (secondary N) is 2. The Labute approximate surface area is 141 Å². The van der Waals surface area contributed by atoms with Crippen LogP contribution in [0.15, 0.2) is 48.5 Å². The topological polar surface area (TPSA) is 84.5 Å². The minimum atomic E-state index is -3.39. The molecule has 2 aromatic carbocycles. The van der Waals surface area contributed by atoms with Crippen LogP contribution in [0.5, 0.6) is 5.75 Å². The molecule has 0 spiro atoms. The third-order valence-corrected chi connectivity index (χ3v) is 4.52. The second kappa shape index (κ2) is 7.83. The largest absolute Gasteiger partial charge is 0.492 e. The van der Waals surface area contributed by atoms with Gasteiger partial charge in [-0.3, -0.25) is 9.52 Å². The third kappa shape index (κ3) is 4.73. The lowest BCUT2D eigenvalue weighted by Crippen LogP contribution is -2.16. The Morgan fingerprint density at radius 3 is 2.54 bits per heavy atom. The summed E-state index contributed by atoms with van der Waals surface area (Å²) in [5, 5.41) is 2.77. The molecule has 0 fully saturated rings. The number of hydrogen-bond donors (Lipinski definition) is 2. The van der Waals surface area contributed by atoms with Gasteiger partial charge in [-0.25, -0.2) is 8.42 Å². The summed E-state index contributed by atoms with van der Waals surface area (Å²) in [7, 11) is -3.39. The fourth-order valence-electron chi connectivity index (χ4n) is 2.02. The van der Waals surface area contributed by atoms with Gasteiger partial charge in [0.25, 0.3) is 5.91 Å². The predicted octanol–water partition coefficient (Wildman–Crippen LogP) is 3.10. The van der Waals surface area contributed by atoms with E-state index in [0.717, 1.165) is 0 Å². The number of para-hydroxylation sites is 2. The maximum atomic E-state index is 12.4. The SMILES string of the molecule is CCOc1ccccc1NC(=O)c1cccc(NS(=O)(=O)CC)c1. The number of anilines is 2. The van der Waals surface area contributed by atoms with Gasteiger partial charge in [-0.1, -0.05) is 18.2 Å². The molecule has 0 unspecified atom stereocenters. The van der Waals surface area contributed by atoms with Gasteiger partial charge in [0.05, 0.1) is 18.0 Å². The Morgan fingerprint density at radius 1 is 1.08 bits per heavy atom. The Hall–Kier alpha value is -2.54. The zero-order chi connectivity index (χ0) is 17.6. The molecule has 0 atom stereocenters. The molecular weight excluding hydrogens is 328 g/mol. The summed E-state index contributed by atoms with van der Waals surface area (Å²) in [6.45, 7) is 3.90. The van der Waals surface area contributed by atoms with Gasteiger partial charge in [-0.15, -0.1) is 0 Å². The second-order valence-electron chi connectivity index (χ2n) is 4.97. The van der Waals surface area contributed by atoms with E-state index in [0.29, 0.717) is 29.3 Å². The van der Waals surface area contributed by atoms with Gasteiger partial charge in [0.2, 0.25) is 10.0 Å². The van der Waals surface area contributed by atoms with Crippen LogP contribution in [0.1, 0.15) is 24.2 Å². The summed E-state index contributed by atoms with van der Waals surface area (Å²) in [6, 6.07) is 13.4. The number of carbonyl (C=O) groups excluding carboxylic acids is 1. The molecule has 0 aliphatic carbocycles. The molecule has 2 rings (SSSR count). The quantitative estimate of drug-likeness (QED) is 0.805. The van der Waals surface area contributed by atoms with Gasteiger partial charge < -0.3 is 10.1 Å². The maximum Gasteiger partial charge on any atom is 0.255 e. The lowest BCUT2D eigenvalue weighted by atomic mass is 10.2. The standard InChI is InChI=1S/C17H20N2O4S/c1-3-23-16-11-6-5-10-15(16)18-17(20)13-8-7-9-14(12-13)19-24(21,22)4-2/h5-12,19H,3-4H2,1-2H3,(H,18,20). The Bertz CT molecular complexity index is 819. The molecule has 7 heteroatoms. The van der Waals surface area contributed by atoms with E-state index in [2.05, 4.69) is 10.0 Å². The zero-order valence-corrected chi connectivity index (χ0v) is 14.4. The van der Waals surface area contributed by atoms with Crippen molar-refractivity contribution in [1.29, 1.82) is 0 Å². The van der Waals surface area contributed by atoms with Crippen LogP contribution in [-0.4, -0.2) is 26.7 Å². The van der Waals surface area contributed by atoms with Crippen molar-refractivity contribution in [3.63, 3.8) is 0 Å². The van der Waals surface area contributed by atoms with Gasteiger partial charge in [0.1, 0.15) is 5.75 Å². The van der Waals surface area contributed by atoms with Gasteiger partial charge >= 0.3 is 0 Å². The molecule has 0 heterocycles. The predicted molar refractivity (Wildman–Crippen MR) is 95.1 cm³/mol. The number of benzene rings is 2.